The number of nitrogens with one attached hydrogen (secondary N) is 1. The van der Waals surface area contributed by atoms with Gasteiger partial charge in [0.25, 0.3) is 15.9 Å². The van der Waals surface area contributed by atoms with Gasteiger partial charge < -0.3 is 10.1 Å². The van der Waals surface area contributed by atoms with Gasteiger partial charge in [0.05, 0.1) is 22.6 Å². The first kappa shape index (κ1) is 22.4. The van der Waals surface area contributed by atoms with Crippen LogP contribution in [0.2, 0.25) is 5.02 Å². The molecule has 0 saturated heterocycles. The number of amides is 1. The minimum absolute atomic E-state index is 0.00813. The van der Waals surface area contributed by atoms with E-state index in [1.165, 1.54) is 26.3 Å². The molecule has 146 valence electrons. The summed E-state index contributed by atoms with van der Waals surface area (Å²) in [6.45, 7) is 3.35. The summed E-state index contributed by atoms with van der Waals surface area (Å²) in [5.74, 6) is -1.34. The molecule has 0 unspecified atom stereocenters. The highest BCUT2D eigenvalue weighted by atomic mass is 35.5. The van der Waals surface area contributed by atoms with Crippen LogP contribution < -0.4 is 5.32 Å². The molecule has 0 aliphatic carbocycles. The Kier molecular flexibility index (Phi) is 8.48. The van der Waals surface area contributed by atoms with Gasteiger partial charge in [0.2, 0.25) is 0 Å². The van der Waals surface area contributed by atoms with E-state index in [0.717, 1.165) is 18.9 Å². The van der Waals surface area contributed by atoms with Crippen LogP contribution in [-0.2, 0) is 24.4 Å². The summed E-state index contributed by atoms with van der Waals surface area (Å²) in [6.07, 6.45) is 1.71. The van der Waals surface area contributed by atoms with Gasteiger partial charge in [-0.25, -0.2) is 13.2 Å². The molecule has 1 aromatic carbocycles. The van der Waals surface area contributed by atoms with Crippen LogP contribution in [0.4, 0.5) is 0 Å². The van der Waals surface area contributed by atoms with Crippen molar-refractivity contribution in [2.24, 2.45) is 0 Å². The van der Waals surface area contributed by atoms with E-state index in [4.69, 9.17) is 16.3 Å². The average Bonchev–Trinajstić information content (AvgIpc) is 2.59. The third kappa shape index (κ3) is 5.94. The van der Waals surface area contributed by atoms with E-state index in [-0.39, 0.29) is 21.5 Å². The van der Waals surface area contributed by atoms with Gasteiger partial charge in [0, 0.05) is 13.1 Å². The largest absolute Gasteiger partial charge is 0.452 e. The van der Waals surface area contributed by atoms with Crippen LogP contribution >= 0.6 is 11.6 Å². The highest BCUT2D eigenvalue weighted by Gasteiger charge is 2.24. The first-order chi connectivity index (χ1) is 12.1. The molecule has 0 aliphatic heterocycles. The van der Waals surface area contributed by atoms with Crippen molar-refractivity contribution in [3.8, 4) is 0 Å². The lowest BCUT2D eigenvalue weighted by molar-refractivity contribution is -0.124. The van der Waals surface area contributed by atoms with Crippen LogP contribution in [0.5, 0.6) is 0 Å². The predicted octanol–water partition coefficient (Wildman–Crippen LogP) is 1.98. The van der Waals surface area contributed by atoms with Gasteiger partial charge in [-0.2, -0.15) is 0 Å². The van der Waals surface area contributed by atoms with E-state index in [1.54, 1.807) is 0 Å². The lowest BCUT2D eigenvalue weighted by atomic mass is 10.2. The summed E-state index contributed by atoms with van der Waals surface area (Å²) in [6, 6.07) is 3.54. The number of esters is 1. The zero-order valence-corrected chi connectivity index (χ0v) is 16.7. The fourth-order valence-corrected chi connectivity index (χ4v) is 3.29. The summed E-state index contributed by atoms with van der Waals surface area (Å²) < 4.78 is 30.1. The third-order valence-electron chi connectivity index (χ3n) is 3.51. The number of halogens is 1. The Morgan fingerprint density at radius 1 is 1.35 bits per heavy atom. The van der Waals surface area contributed by atoms with Gasteiger partial charge in [-0.05, 0) is 31.5 Å². The fraction of sp³-hybridized carbons (Fsp3) is 0.500. The molecule has 0 radical (unpaired) electrons. The Balaban J connectivity index is 2.87. The number of ether oxygens (including phenoxy) is 1. The summed E-state index contributed by atoms with van der Waals surface area (Å²) >= 11 is 5.95. The summed E-state index contributed by atoms with van der Waals surface area (Å²) in [7, 11) is -1.54. The molecule has 0 aliphatic rings. The average molecular weight is 407 g/mol. The molecule has 0 fully saturated rings. The van der Waals surface area contributed by atoms with Crippen molar-refractivity contribution in [3.05, 3.63) is 28.8 Å². The van der Waals surface area contributed by atoms with E-state index in [0.29, 0.717) is 4.47 Å². The number of benzene rings is 1. The summed E-state index contributed by atoms with van der Waals surface area (Å²) in [5.41, 5.74) is -0.161. The van der Waals surface area contributed by atoms with Gasteiger partial charge in [0.1, 0.15) is 0 Å². The standard InChI is InChI=1S/C16H23ClN2O6S/c1-5-6-11(2)18-15(20)10-25-16(21)13-9-12(7-8-14(13)17)26(22,23)19(3)24-4/h7-9,11H,5-6,10H2,1-4H3,(H,18,20)/t11-/m0/s1. The first-order valence-electron chi connectivity index (χ1n) is 7.92. The van der Waals surface area contributed by atoms with E-state index in [2.05, 4.69) is 10.2 Å². The number of sulfonamides is 1. The first-order valence-corrected chi connectivity index (χ1v) is 9.74. The monoisotopic (exact) mass is 406 g/mol. The van der Waals surface area contributed by atoms with Crippen molar-refractivity contribution >= 4 is 33.5 Å². The molecule has 0 spiro atoms. The van der Waals surface area contributed by atoms with Crippen molar-refractivity contribution in [3.63, 3.8) is 0 Å². The van der Waals surface area contributed by atoms with Crippen LogP contribution in [0.15, 0.2) is 23.1 Å². The molecule has 0 heterocycles. The molecule has 0 bridgehead atoms. The molecule has 1 N–H and O–H groups in total. The maximum Gasteiger partial charge on any atom is 0.340 e. The fourth-order valence-electron chi connectivity index (χ4n) is 2.10. The number of nitrogens with zero attached hydrogens (tertiary/aromatic N) is 1. The van der Waals surface area contributed by atoms with Crippen molar-refractivity contribution in [2.75, 3.05) is 20.8 Å². The second-order valence-electron chi connectivity index (χ2n) is 5.57. The van der Waals surface area contributed by atoms with Crippen molar-refractivity contribution in [2.45, 2.75) is 37.6 Å². The van der Waals surface area contributed by atoms with Gasteiger partial charge >= 0.3 is 5.97 Å². The predicted molar refractivity (Wildman–Crippen MR) is 96.2 cm³/mol. The van der Waals surface area contributed by atoms with E-state index >= 15 is 0 Å². The molecule has 10 heteroatoms. The van der Waals surface area contributed by atoms with Crippen molar-refractivity contribution in [1.29, 1.82) is 0 Å². The van der Waals surface area contributed by atoms with Gasteiger partial charge in [-0.15, -0.1) is 0 Å². The Bertz CT molecular complexity index is 753. The number of carbonyl (C=O) groups is 2. The Morgan fingerprint density at radius 3 is 2.58 bits per heavy atom. The van der Waals surface area contributed by atoms with Crippen LogP contribution in [0.25, 0.3) is 0 Å². The van der Waals surface area contributed by atoms with Gasteiger partial charge in [0.15, 0.2) is 6.61 Å². The van der Waals surface area contributed by atoms with E-state index in [9.17, 15) is 18.0 Å². The number of hydrogen-bond acceptors (Lipinski definition) is 6. The molecular formula is C16H23ClN2O6S. The van der Waals surface area contributed by atoms with Crippen LogP contribution in [0, 0.1) is 0 Å². The third-order valence-corrected chi connectivity index (χ3v) is 5.52. The molecular weight excluding hydrogens is 384 g/mol. The molecule has 0 aromatic heterocycles. The zero-order chi connectivity index (χ0) is 19.9. The SMILES string of the molecule is CCC[C@H](C)NC(=O)COC(=O)c1cc(S(=O)(=O)N(C)OC)ccc1Cl. The molecule has 1 aromatic rings. The maximum atomic E-state index is 12.2. The number of hydroxylamine groups is 1. The second-order valence-corrected chi connectivity index (χ2v) is 7.92. The van der Waals surface area contributed by atoms with E-state index < -0.39 is 28.5 Å². The Hall–Kier alpha value is -1.68. The molecule has 8 nitrogen and oxygen atoms in total. The molecule has 26 heavy (non-hydrogen) atoms. The molecule has 1 amide bonds. The quantitative estimate of drug-likeness (QED) is 0.497. The Morgan fingerprint density at radius 2 is 2.00 bits per heavy atom. The van der Waals surface area contributed by atoms with Crippen LogP contribution in [0.1, 0.15) is 37.0 Å². The topological polar surface area (TPSA) is 102 Å². The minimum atomic E-state index is -3.95. The lowest BCUT2D eigenvalue weighted by Gasteiger charge is -2.15. The number of rotatable bonds is 9. The normalized spacial score (nSPS) is 12.7. The van der Waals surface area contributed by atoms with Crippen molar-refractivity contribution < 1.29 is 27.6 Å². The van der Waals surface area contributed by atoms with Crippen LogP contribution in [0.3, 0.4) is 0 Å². The molecule has 1 rings (SSSR count). The van der Waals surface area contributed by atoms with Gasteiger partial charge in [-0.3, -0.25) is 9.63 Å². The maximum absolute atomic E-state index is 12.2. The number of carbonyl (C=O) groups excluding carboxylic acids is 2. The summed E-state index contributed by atoms with van der Waals surface area (Å²) in [5, 5.41) is 2.70. The Labute approximate surface area is 158 Å². The minimum Gasteiger partial charge on any atom is -0.452 e. The second kappa shape index (κ2) is 9.86. The number of hydrogen-bond donors (Lipinski definition) is 1. The lowest BCUT2D eigenvalue weighted by Crippen LogP contribution is -2.35. The van der Waals surface area contributed by atoms with Crippen molar-refractivity contribution in [1.82, 2.24) is 9.79 Å². The zero-order valence-electron chi connectivity index (χ0n) is 15.1. The summed E-state index contributed by atoms with van der Waals surface area (Å²) in [4.78, 5) is 28.4. The molecule has 0 saturated carbocycles. The van der Waals surface area contributed by atoms with E-state index in [1.807, 2.05) is 13.8 Å². The van der Waals surface area contributed by atoms with Gasteiger partial charge in [-0.1, -0.05) is 29.4 Å². The molecule has 1 atom stereocenters. The van der Waals surface area contributed by atoms with Crippen LogP contribution in [-0.4, -0.2) is 51.6 Å². The smallest absolute Gasteiger partial charge is 0.340 e. The highest BCUT2D eigenvalue weighted by molar-refractivity contribution is 7.89. The highest BCUT2D eigenvalue weighted by Crippen LogP contribution is 2.23.